The smallest absolute Gasteiger partial charge is 0.317 e. The number of benzene rings is 3. The first-order valence-electron chi connectivity index (χ1n) is 8.23. The van der Waals surface area contributed by atoms with Crippen molar-refractivity contribution in [3.63, 3.8) is 0 Å². The average molecular weight is 395 g/mol. The number of carbonyl (C=O) groups is 1. The molecule has 0 spiro atoms. The lowest BCUT2D eigenvalue weighted by atomic mass is 10.1. The fourth-order valence-corrected chi connectivity index (χ4v) is 2.89. The lowest BCUT2D eigenvalue weighted by Crippen LogP contribution is -2.10. The number of ether oxygens (including phenoxy) is 1. The lowest BCUT2D eigenvalue weighted by Gasteiger charge is -2.07. The number of rotatable bonds is 3. The molecule has 0 saturated heterocycles. The van der Waals surface area contributed by atoms with Crippen molar-refractivity contribution in [1.29, 1.82) is 0 Å². The third kappa shape index (κ3) is 3.43. The second kappa shape index (κ2) is 7.13. The van der Waals surface area contributed by atoms with Gasteiger partial charge in [0.1, 0.15) is 5.75 Å². The summed E-state index contributed by atoms with van der Waals surface area (Å²) in [7, 11) is 0. The minimum Gasteiger partial charge on any atom is -0.454 e. The summed E-state index contributed by atoms with van der Waals surface area (Å²) in [6, 6.07) is 16.4. The maximum atomic E-state index is 12.5. The van der Waals surface area contributed by atoms with E-state index >= 15 is 0 Å². The van der Waals surface area contributed by atoms with Crippen molar-refractivity contribution in [2.45, 2.75) is 0 Å². The molecule has 0 atom stereocenters. The quantitative estimate of drug-likeness (QED) is 0.469. The van der Waals surface area contributed by atoms with E-state index in [1.807, 2.05) is 6.07 Å². The van der Waals surface area contributed by atoms with E-state index in [1.54, 1.807) is 36.4 Å². The molecule has 3 aromatic rings. The minimum atomic E-state index is -0.306. The number of anilines is 1. The summed E-state index contributed by atoms with van der Waals surface area (Å²) in [5, 5.41) is 12.2. The Balaban J connectivity index is 1.66. The Labute approximate surface area is 164 Å². The van der Waals surface area contributed by atoms with Crippen LogP contribution in [-0.2, 0) is 0 Å². The Morgan fingerprint density at radius 3 is 2.71 bits per heavy atom. The van der Waals surface area contributed by atoms with Crippen LogP contribution in [0.25, 0.3) is 0 Å². The molecule has 0 fully saturated rings. The van der Waals surface area contributed by atoms with Gasteiger partial charge < -0.3 is 10.1 Å². The number of amides is 1. The molecule has 28 heavy (non-hydrogen) atoms. The number of nitrogens with one attached hydrogen (secondary N) is 1. The number of carbonyl (C=O) groups excluding carboxylic acids is 1. The first-order valence-corrected chi connectivity index (χ1v) is 8.61. The second-order valence-corrected chi connectivity index (χ2v) is 6.38. The van der Waals surface area contributed by atoms with E-state index in [2.05, 4.69) is 10.3 Å². The standard InChI is InChI=1S/C20H12ClN3O4/c21-16-7-6-14(24(26)27)9-12(16)11-22-13-5-8-18-15(10-13)20(25)23-17-3-1-2-4-19(17)28-18/h1-11H,(H-,23,25,26,27)/p+1/b22-11+. The third-order valence-electron chi connectivity index (χ3n) is 4.12. The SMILES string of the molecule is O=C1Nc2ccccc2Oc2ccc(/N=C/c3cc([N+](=O)O)ccc3Cl)cc21. The molecule has 3 aromatic carbocycles. The number of aliphatic imine (C=N–C) groups is 1. The van der Waals surface area contributed by atoms with Gasteiger partial charge in [-0.25, -0.2) is 5.21 Å². The van der Waals surface area contributed by atoms with E-state index in [4.69, 9.17) is 21.5 Å². The van der Waals surface area contributed by atoms with Crippen molar-refractivity contribution in [3.8, 4) is 11.5 Å². The summed E-state index contributed by atoms with van der Waals surface area (Å²) in [6.07, 6.45) is 1.45. The number of fused-ring (bicyclic) bond motifs is 2. The molecule has 0 unspecified atom stereocenters. The molecule has 1 aliphatic heterocycles. The van der Waals surface area contributed by atoms with Gasteiger partial charge in [-0.15, -0.1) is 0 Å². The Hall–Kier alpha value is -3.71. The van der Waals surface area contributed by atoms with E-state index in [-0.39, 0.29) is 16.5 Å². The fourth-order valence-electron chi connectivity index (χ4n) is 2.72. The van der Waals surface area contributed by atoms with Gasteiger partial charge in [-0.1, -0.05) is 23.7 Å². The Morgan fingerprint density at radius 2 is 1.89 bits per heavy atom. The van der Waals surface area contributed by atoms with Crippen LogP contribution in [0, 0.1) is 4.91 Å². The van der Waals surface area contributed by atoms with Gasteiger partial charge in [-0.3, -0.25) is 9.79 Å². The molecular weight excluding hydrogens is 382 g/mol. The highest BCUT2D eigenvalue weighted by molar-refractivity contribution is 6.33. The highest BCUT2D eigenvalue weighted by Crippen LogP contribution is 2.36. The van der Waals surface area contributed by atoms with Gasteiger partial charge in [0.15, 0.2) is 5.75 Å². The Kier molecular flexibility index (Phi) is 4.50. The summed E-state index contributed by atoms with van der Waals surface area (Å²) in [5.74, 6) is 0.670. The van der Waals surface area contributed by atoms with Crippen molar-refractivity contribution in [3.05, 3.63) is 81.7 Å². The number of hydrogen-bond donors (Lipinski definition) is 2. The normalized spacial score (nSPS) is 12.5. The van der Waals surface area contributed by atoms with Crippen molar-refractivity contribution in [2.75, 3.05) is 5.32 Å². The van der Waals surface area contributed by atoms with Crippen molar-refractivity contribution >= 4 is 40.8 Å². The molecule has 138 valence electrons. The average Bonchev–Trinajstić information content (AvgIpc) is 2.82. The Bertz CT molecular complexity index is 1140. The van der Waals surface area contributed by atoms with Gasteiger partial charge in [0, 0.05) is 28.9 Å². The number of nitrogens with zero attached hydrogens (tertiary/aromatic N) is 2. The van der Waals surface area contributed by atoms with E-state index in [1.165, 1.54) is 24.4 Å². The van der Waals surface area contributed by atoms with Crippen LogP contribution in [0.2, 0.25) is 5.02 Å². The lowest BCUT2D eigenvalue weighted by molar-refractivity contribution is -0.729. The van der Waals surface area contributed by atoms with Gasteiger partial charge in [0.2, 0.25) is 0 Å². The number of hydrogen-bond acceptors (Lipinski definition) is 4. The topological polar surface area (TPSA) is 91.0 Å². The van der Waals surface area contributed by atoms with Gasteiger partial charge in [0.05, 0.1) is 21.8 Å². The largest absolute Gasteiger partial charge is 0.454 e. The molecule has 0 aromatic heterocycles. The van der Waals surface area contributed by atoms with Crippen molar-refractivity contribution < 1.29 is 19.7 Å². The van der Waals surface area contributed by atoms with Crippen LogP contribution >= 0.6 is 11.6 Å². The van der Waals surface area contributed by atoms with Gasteiger partial charge >= 0.3 is 5.69 Å². The van der Waals surface area contributed by atoms with Gasteiger partial charge in [-0.05, 0) is 36.4 Å². The zero-order chi connectivity index (χ0) is 19.7. The summed E-state index contributed by atoms with van der Waals surface area (Å²) < 4.78 is 5.83. The van der Waals surface area contributed by atoms with Crippen molar-refractivity contribution in [2.24, 2.45) is 4.99 Å². The molecule has 0 bridgehead atoms. The third-order valence-corrected chi connectivity index (χ3v) is 4.46. The summed E-state index contributed by atoms with van der Waals surface area (Å²) >= 11 is 6.10. The van der Waals surface area contributed by atoms with E-state index in [9.17, 15) is 9.70 Å². The number of halogens is 1. The molecule has 4 rings (SSSR count). The summed E-state index contributed by atoms with van der Waals surface area (Å²) in [5.41, 5.74) is 1.89. The second-order valence-electron chi connectivity index (χ2n) is 5.97. The summed E-state index contributed by atoms with van der Waals surface area (Å²) in [6.45, 7) is 0. The monoisotopic (exact) mass is 394 g/mol. The fraction of sp³-hybridized carbons (Fsp3) is 0. The first kappa shape index (κ1) is 17.7. The Morgan fingerprint density at radius 1 is 1.07 bits per heavy atom. The highest BCUT2D eigenvalue weighted by Gasteiger charge is 2.21. The number of para-hydroxylation sites is 2. The van der Waals surface area contributed by atoms with Crippen LogP contribution in [-0.4, -0.2) is 22.3 Å². The van der Waals surface area contributed by atoms with Crippen LogP contribution in [0.4, 0.5) is 17.1 Å². The molecule has 0 saturated carbocycles. The van der Waals surface area contributed by atoms with Crippen molar-refractivity contribution in [1.82, 2.24) is 0 Å². The van der Waals surface area contributed by atoms with Crippen LogP contribution in [0.5, 0.6) is 11.5 Å². The molecule has 0 aliphatic carbocycles. The van der Waals surface area contributed by atoms with Gasteiger partial charge in [0.25, 0.3) is 10.8 Å². The molecule has 1 amide bonds. The predicted molar refractivity (Wildman–Crippen MR) is 105 cm³/mol. The maximum absolute atomic E-state index is 12.5. The molecule has 1 heterocycles. The molecule has 8 heteroatoms. The minimum absolute atomic E-state index is 0.0262. The first-order chi connectivity index (χ1) is 13.5. The predicted octanol–water partition coefficient (Wildman–Crippen LogP) is 5.25. The van der Waals surface area contributed by atoms with Crippen LogP contribution in [0.3, 0.4) is 0 Å². The molecule has 2 N–H and O–H groups in total. The van der Waals surface area contributed by atoms with E-state index in [0.29, 0.717) is 39.0 Å². The van der Waals surface area contributed by atoms with E-state index in [0.717, 1.165) is 0 Å². The highest BCUT2D eigenvalue weighted by atomic mass is 35.5. The van der Waals surface area contributed by atoms with Crippen LogP contribution < -0.4 is 10.1 Å². The zero-order valence-electron chi connectivity index (χ0n) is 14.3. The van der Waals surface area contributed by atoms with Crippen LogP contribution in [0.15, 0.2) is 65.7 Å². The molecule has 1 aliphatic rings. The summed E-state index contributed by atoms with van der Waals surface area (Å²) in [4.78, 5) is 27.6. The van der Waals surface area contributed by atoms with Gasteiger partial charge in [-0.2, -0.15) is 0 Å². The molecular formula is C20H13ClN3O4+. The molecule has 7 nitrogen and oxygen atoms in total. The molecule has 0 radical (unpaired) electrons. The maximum Gasteiger partial charge on any atom is 0.317 e. The van der Waals surface area contributed by atoms with Crippen LogP contribution in [0.1, 0.15) is 15.9 Å². The van der Waals surface area contributed by atoms with E-state index < -0.39 is 0 Å². The zero-order valence-corrected chi connectivity index (χ0v) is 15.1.